The number of para-hydroxylation sites is 2. The van der Waals surface area contributed by atoms with Gasteiger partial charge in [-0.2, -0.15) is 0 Å². The normalized spacial score (nSPS) is 16.0. The third-order valence-electron chi connectivity index (χ3n) is 4.17. The van der Waals surface area contributed by atoms with E-state index >= 15 is 0 Å². The molecule has 0 radical (unpaired) electrons. The van der Waals surface area contributed by atoms with Gasteiger partial charge in [-0.25, -0.2) is 0 Å². The number of hydrogen-bond donors (Lipinski definition) is 2. The van der Waals surface area contributed by atoms with Gasteiger partial charge in [-0.1, -0.05) is 18.2 Å². The van der Waals surface area contributed by atoms with Crippen molar-refractivity contribution < 1.29 is 14.6 Å². The second-order valence-electron chi connectivity index (χ2n) is 5.83. The summed E-state index contributed by atoms with van der Waals surface area (Å²) in [5, 5.41) is 14.7. The second-order valence-corrected chi connectivity index (χ2v) is 6.81. The number of benzene rings is 1. The first-order valence-corrected chi connectivity index (χ1v) is 9.07. The summed E-state index contributed by atoms with van der Waals surface area (Å²) >= 11 is 1.72. The van der Waals surface area contributed by atoms with Crippen LogP contribution < -0.4 is 10.1 Å². The zero-order valence-corrected chi connectivity index (χ0v) is 14.3. The number of amides is 1. The number of rotatable bonds is 7. The van der Waals surface area contributed by atoms with Crippen LogP contribution in [0, 0.1) is 0 Å². The number of nitrogens with zero attached hydrogens (tertiary/aromatic N) is 1. The van der Waals surface area contributed by atoms with Crippen LogP contribution in [-0.2, 0) is 4.79 Å². The molecule has 0 aliphatic carbocycles. The molecule has 1 fully saturated rings. The lowest BCUT2D eigenvalue weighted by molar-refractivity contribution is -0.123. The Kier molecular flexibility index (Phi) is 5.72. The molecule has 6 heteroatoms. The fourth-order valence-electron chi connectivity index (χ4n) is 2.93. The number of phenols is 1. The van der Waals surface area contributed by atoms with Gasteiger partial charge in [0, 0.05) is 11.4 Å². The zero-order valence-electron chi connectivity index (χ0n) is 13.5. The molecule has 24 heavy (non-hydrogen) atoms. The van der Waals surface area contributed by atoms with Gasteiger partial charge < -0.3 is 15.2 Å². The second kappa shape index (κ2) is 8.17. The van der Waals surface area contributed by atoms with E-state index in [2.05, 4.69) is 21.7 Å². The van der Waals surface area contributed by atoms with Gasteiger partial charge in [-0.05, 0) is 49.5 Å². The van der Waals surface area contributed by atoms with Gasteiger partial charge >= 0.3 is 0 Å². The SMILES string of the molecule is O=C(COc1ccccc1O)NCC(c1cccs1)N1CCCC1. The highest BCUT2D eigenvalue weighted by Gasteiger charge is 2.24. The Labute approximate surface area is 145 Å². The van der Waals surface area contributed by atoms with E-state index < -0.39 is 0 Å². The van der Waals surface area contributed by atoms with E-state index in [4.69, 9.17) is 4.74 Å². The van der Waals surface area contributed by atoms with Crippen LogP contribution >= 0.6 is 11.3 Å². The number of thiophene rings is 1. The molecule has 1 unspecified atom stereocenters. The fourth-order valence-corrected chi connectivity index (χ4v) is 3.79. The summed E-state index contributed by atoms with van der Waals surface area (Å²) in [5.41, 5.74) is 0. The van der Waals surface area contributed by atoms with E-state index in [0.717, 1.165) is 13.1 Å². The summed E-state index contributed by atoms with van der Waals surface area (Å²) in [6.07, 6.45) is 2.43. The molecule has 2 aromatic rings. The molecule has 1 aromatic heterocycles. The van der Waals surface area contributed by atoms with E-state index in [0.29, 0.717) is 12.3 Å². The molecule has 128 valence electrons. The largest absolute Gasteiger partial charge is 0.504 e. The molecule has 3 rings (SSSR count). The zero-order chi connectivity index (χ0) is 16.8. The Morgan fingerprint density at radius 1 is 1.25 bits per heavy atom. The number of phenolic OH excluding ortho intramolecular Hbond substituents is 1. The summed E-state index contributed by atoms with van der Waals surface area (Å²) in [4.78, 5) is 15.8. The van der Waals surface area contributed by atoms with Crippen LogP contribution in [-0.4, -0.2) is 42.2 Å². The summed E-state index contributed by atoms with van der Waals surface area (Å²) < 4.78 is 5.37. The van der Waals surface area contributed by atoms with Crippen LogP contribution in [0.3, 0.4) is 0 Å². The summed E-state index contributed by atoms with van der Waals surface area (Å²) in [7, 11) is 0. The molecule has 1 aliphatic rings. The van der Waals surface area contributed by atoms with Crippen molar-refractivity contribution in [3.05, 3.63) is 46.7 Å². The van der Waals surface area contributed by atoms with Crippen LogP contribution in [0.1, 0.15) is 23.8 Å². The Bertz CT molecular complexity index is 654. The molecular weight excluding hydrogens is 324 g/mol. The molecule has 0 bridgehead atoms. The molecule has 0 spiro atoms. The van der Waals surface area contributed by atoms with Gasteiger partial charge in [0.05, 0.1) is 6.04 Å². The molecule has 1 saturated heterocycles. The van der Waals surface area contributed by atoms with Crippen molar-refractivity contribution in [2.75, 3.05) is 26.2 Å². The number of ether oxygens (including phenoxy) is 1. The van der Waals surface area contributed by atoms with Gasteiger partial charge in [0.15, 0.2) is 18.1 Å². The van der Waals surface area contributed by atoms with E-state index in [1.54, 1.807) is 29.5 Å². The van der Waals surface area contributed by atoms with Crippen molar-refractivity contribution in [1.82, 2.24) is 10.2 Å². The van der Waals surface area contributed by atoms with Crippen LogP contribution in [0.2, 0.25) is 0 Å². The highest BCUT2D eigenvalue weighted by molar-refractivity contribution is 7.10. The Morgan fingerprint density at radius 3 is 2.75 bits per heavy atom. The first kappa shape index (κ1) is 16.8. The highest BCUT2D eigenvalue weighted by atomic mass is 32.1. The maximum Gasteiger partial charge on any atom is 0.258 e. The van der Waals surface area contributed by atoms with Crippen molar-refractivity contribution >= 4 is 17.2 Å². The summed E-state index contributed by atoms with van der Waals surface area (Å²) in [6.45, 7) is 2.62. The highest BCUT2D eigenvalue weighted by Crippen LogP contribution is 2.28. The van der Waals surface area contributed by atoms with Gasteiger partial charge in [0.1, 0.15) is 0 Å². The van der Waals surface area contributed by atoms with Crippen LogP contribution in [0.25, 0.3) is 0 Å². The van der Waals surface area contributed by atoms with Gasteiger partial charge in [0.25, 0.3) is 5.91 Å². The number of carbonyl (C=O) groups is 1. The first-order chi connectivity index (χ1) is 11.7. The number of likely N-dealkylation sites (tertiary alicyclic amines) is 1. The lowest BCUT2D eigenvalue weighted by atomic mass is 10.2. The quantitative estimate of drug-likeness (QED) is 0.809. The predicted octanol–water partition coefficient (Wildman–Crippen LogP) is 2.79. The molecule has 1 aliphatic heterocycles. The average molecular weight is 346 g/mol. The molecule has 1 atom stereocenters. The molecule has 1 aromatic carbocycles. The fraction of sp³-hybridized carbons (Fsp3) is 0.389. The first-order valence-electron chi connectivity index (χ1n) is 8.19. The van der Waals surface area contributed by atoms with Crippen LogP contribution in [0.4, 0.5) is 0 Å². The molecule has 1 amide bonds. The van der Waals surface area contributed by atoms with Crippen molar-refractivity contribution in [1.29, 1.82) is 0 Å². The van der Waals surface area contributed by atoms with Crippen molar-refractivity contribution in [3.8, 4) is 11.5 Å². The summed E-state index contributed by atoms with van der Waals surface area (Å²) in [6, 6.07) is 11.0. The van der Waals surface area contributed by atoms with Gasteiger partial charge in [-0.3, -0.25) is 9.69 Å². The lowest BCUT2D eigenvalue weighted by Gasteiger charge is -2.26. The van der Waals surface area contributed by atoms with Crippen LogP contribution in [0.15, 0.2) is 41.8 Å². The van der Waals surface area contributed by atoms with E-state index in [-0.39, 0.29) is 24.3 Å². The van der Waals surface area contributed by atoms with Crippen LogP contribution in [0.5, 0.6) is 11.5 Å². The Balaban J connectivity index is 1.52. The maximum absolute atomic E-state index is 12.1. The Hall–Kier alpha value is -2.05. The molecule has 2 N–H and O–H groups in total. The maximum atomic E-state index is 12.1. The molecule has 0 saturated carbocycles. The minimum atomic E-state index is -0.181. The number of hydrogen-bond acceptors (Lipinski definition) is 5. The smallest absolute Gasteiger partial charge is 0.258 e. The van der Waals surface area contributed by atoms with E-state index in [1.165, 1.54) is 23.8 Å². The van der Waals surface area contributed by atoms with E-state index in [1.807, 2.05) is 6.07 Å². The monoisotopic (exact) mass is 346 g/mol. The lowest BCUT2D eigenvalue weighted by Crippen LogP contribution is -2.38. The van der Waals surface area contributed by atoms with Crippen molar-refractivity contribution in [3.63, 3.8) is 0 Å². The summed E-state index contributed by atoms with van der Waals surface area (Å²) in [5.74, 6) is 0.180. The third kappa shape index (κ3) is 4.27. The predicted molar refractivity (Wildman–Crippen MR) is 94.5 cm³/mol. The van der Waals surface area contributed by atoms with Gasteiger partial charge in [0.2, 0.25) is 0 Å². The van der Waals surface area contributed by atoms with Crippen molar-refractivity contribution in [2.24, 2.45) is 0 Å². The average Bonchev–Trinajstić information content (AvgIpc) is 3.28. The minimum Gasteiger partial charge on any atom is -0.504 e. The van der Waals surface area contributed by atoms with E-state index in [9.17, 15) is 9.90 Å². The molecule has 5 nitrogen and oxygen atoms in total. The standard InChI is InChI=1S/C18H22N2O3S/c21-15-6-1-2-7-16(15)23-13-18(22)19-12-14(17-8-5-11-24-17)20-9-3-4-10-20/h1-2,5-8,11,14,21H,3-4,9-10,12-13H2,(H,19,22). The number of carbonyl (C=O) groups excluding carboxylic acids is 1. The molecular formula is C18H22N2O3S. The molecule has 2 heterocycles. The van der Waals surface area contributed by atoms with Crippen molar-refractivity contribution in [2.45, 2.75) is 18.9 Å². The third-order valence-corrected chi connectivity index (χ3v) is 5.14. The minimum absolute atomic E-state index is 0.0406. The van der Waals surface area contributed by atoms with Gasteiger partial charge in [-0.15, -0.1) is 11.3 Å². The number of nitrogens with one attached hydrogen (secondary N) is 1. The Morgan fingerprint density at radius 2 is 2.04 bits per heavy atom. The number of aromatic hydroxyl groups is 1. The topological polar surface area (TPSA) is 61.8 Å².